The summed E-state index contributed by atoms with van der Waals surface area (Å²) in [6.07, 6.45) is 13.1. The first-order chi connectivity index (χ1) is 65.6. The van der Waals surface area contributed by atoms with Gasteiger partial charge in [-0.3, -0.25) is 14.6 Å². The number of fused-ring (bicyclic) bond motifs is 8. The lowest BCUT2D eigenvalue weighted by Crippen LogP contribution is -2.51. The highest BCUT2D eigenvalue weighted by Crippen LogP contribution is 2.47. The van der Waals surface area contributed by atoms with E-state index in [0.717, 1.165) is 223 Å². The molecule has 36 nitrogen and oxygen atoms in total. The van der Waals surface area contributed by atoms with Gasteiger partial charge in [-0.25, -0.2) is 58.9 Å². The van der Waals surface area contributed by atoms with Crippen LogP contribution in [0.3, 0.4) is 0 Å². The Kier molecular flexibility index (Phi) is 28.6. The number of hydrogen-bond donors (Lipinski definition) is 7. The van der Waals surface area contributed by atoms with E-state index in [-0.39, 0.29) is 36.0 Å². The molecule has 2 bridgehead atoms. The van der Waals surface area contributed by atoms with Gasteiger partial charge >= 0.3 is 17.7 Å². The van der Waals surface area contributed by atoms with Crippen LogP contribution in [-0.4, -0.2) is 262 Å². The van der Waals surface area contributed by atoms with E-state index in [1.165, 1.54) is 17.4 Å². The van der Waals surface area contributed by atoms with Crippen molar-refractivity contribution in [3.05, 3.63) is 171 Å². The van der Waals surface area contributed by atoms with Crippen LogP contribution in [0.2, 0.25) is 0 Å². The van der Waals surface area contributed by atoms with Crippen LogP contribution in [0.15, 0.2) is 131 Å². The zero-order chi connectivity index (χ0) is 93.5. The van der Waals surface area contributed by atoms with Gasteiger partial charge < -0.3 is 99.0 Å². The first-order valence-corrected chi connectivity index (χ1v) is 47.3. The number of ether oxygens (including phenoxy) is 9. The molecule has 37 heteroatoms. The lowest BCUT2D eigenvalue weighted by atomic mass is 9.89. The number of nitrogens with zero attached hydrogens (tertiary/aromatic N) is 15. The maximum Gasteiger partial charge on any atom is 0.344 e. The van der Waals surface area contributed by atoms with Crippen molar-refractivity contribution < 1.29 is 71.6 Å². The van der Waals surface area contributed by atoms with Gasteiger partial charge in [0.05, 0.1) is 148 Å². The van der Waals surface area contributed by atoms with Crippen LogP contribution in [-0.2, 0) is 59.3 Å². The SMILES string of the molecule is CNC(=O)Nc1ccc(-c2nc(C3CC4CCC(C3)O4)c3cnn(C4CCC5(CC4)OCCO5)c3n2)cc1.CNC(=O)Nc1ccc(-c2nc3c(c(N4CCOC[C@@H]4C)n2)CCN(C2COC2)C3)cc1.COc1ccc(COc2cc3oc(=O)c4cc(C(C)O)ccc4c3cc2OC)cc1.Cc1c(CN2CCN(C(=O)[C@H](C)O)CC2)sc2c(N3CCOCC3)nc(-c3cnc(N)nc3)nc12. The molecule has 8 aliphatic heterocycles. The maximum atomic E-state index is 12.5. The van der Waals surface area contributed by atoms with Crippen LogP contribution < -0.4 is 56.6 Å². The third-order valence-electron chi connectivity index (χ3n) is 26.7. The molecule has 21 rings (SSSR count). The van der Waals surface area contributed by atoms with E-state index in [1.54, 1.807) is 88.1 Å². The Balaban J connectivity index is 0.000000121. The number of nitrogens with one attached hydrogen (secondary N) is 4. The summed E-state index contributed by atoms with van der Waals surface area (Å²) >= 11 is 1.74. The van der Waals surface area contributed by atoms with Crippen molar-refractivity contribution in [2.45, 2.75) is 159 Å². The quantitative estimate of drug-likeness (QED) is 0.0292. The van der Waals surface area contributed by atoms with Crippen molar-refractivity contribution in [2.24, 2.45) is 0 Å². The zero-order valence-electron chi connectivity index (χ0n) is 77.3. The van der Waals surface area contributed by atoms with Crippen LogP contribution in [0.1, 0.15) is 129 Å². The van der Waals surface area contributed by atoms with Crippen LogP contribution >= 0.6 is 11.3 Å². The van der Waals surface area contributed by atoms with E-state index in [9.17, 15) is 29.4 Å². The molecule has 15 heterocycles. The molecule has 5 amide bonds. The number of aryl methyl sites for hydroxylation is 1. The molecule has 1 spiro atoms. The fraction of sp³-hybridized carbons (Fsp3) is 0.459. The Hall–Kier alpha value is -12.3. The Morgan fingerprint density at radius 2 is 1.30 bits per heavy atom. The van der Waals surface area contributed by atoms with Crippen molar-refractivity contribution in [1.82, 2.24) is 75.0 Å². The van der Waals surface area contributed by atoms with Gasteiger partial charge in [0.15, 0.2) is 46.2 Å². The van der Waals surface area contributed by atoms with Gasteiger partial charge in [0.25, 0.3) is 5.91 Å². The van der Waals surface area contributed by atoms with Gasteiger partial charge in [-0.05, 0) is 162 Å². The standard InChI is InChI=1S/C28H34N6O4.C24H22O6.C23H30N8O3S.C23H30N6O3/c1-29-27(35)31-19-4-2-17(3-5-19)25-32-24(18-14-21-6-7-22(15-18)38-21)23-16-30-34(26(23)33-25)20-8-10-28(11-9-20)36-12-13-37-28;1-14(25)16-6-9-18-19-11-22(28-3)23(12-21(19)30-24(26)20(18)10-16)29-13-15-4-7-17(27-2)8-5-15;1-14-17(13-29-3-5-31(6-4-29)22(33)15(2)32)35-19-18(14)27-20(16-11-25-23(24)26-12-16)28-21(19)30-7-9-34-10-8-30;1-15-12-31-10-9-29(15)22-19-7-8-28(18-13-32-14-18)11-20(19)26-21(27-22)16-3-5-17(6-4-16)25-23(30)24-2/h2-5,16,18,20-22H,6-15H2,1H3,(H2,29,31,35);4-12,14,25H,13H2,1-3H3;11-12,15,32H,3-10,13H2,1-2H3,(H2,24,25,26);3-6,15,18H,7-14H2,1-2H3,(H2,24,25,30)/t;;2*15-/m..00/s1. The number of aromatic nitrogens is 10. The van der Waals surface area contributed by atoms with Crippen molar-refractivity contribution >= 4 is 101 Å². The number of rotatable bonds is 19. The number of anilines is 5. The normalized spacial score (nSPS) is 20.1. The highest BCUT2D eigenvalue weighted by molar-refractivity contribution is 7.19. The molecule has 8 N–H and O–H groups in total. The Morgan fingerprint density at radius 1 is 0.644 bits per heavy atom. The molecule has 9 aliphatic rings. The van der Waals surface area contributed by atoms with Crippen LogP contribution in [0.5, 0.6) is 17.2 Å². The number of methoxy groups -OCH3 is 2. The molecule has 1 saturated carbocycles. The molecule has 8 fully saturated rings. The van der Waals surface area contributed by atoms with Crippen molar-refractivity contribution in [2.75, 3.05) is 160 Å². The number of hydrogen-bond acceptors (Lipinski definition) is 31. The highest BCUT2D eigenvalue weighted by atomic mass is 32.1. The van der Waals surface area contributed by atoms with E-state index in [2.05, 4.69) is 69.4 Å². The second-order valence-corrected chi connectivity index (χ2v) is 36.6. The summed E-state index contributed by atoms with van der Waals surface area (Å²) in [4.78, 5) is 98.8. The van der Waals surface area contributed by atoms with E-state index in [4.69, 9.17) is 87.8 Å². The summed E-state index contributed by atoms with van der Waals surface area (Å²) < 4.78 is 60.1. The maximum absolute atomic E-state index is 12.5. The number of benzene rings is 5. The Morgan fingerprint density at radius 3 is 1.93 bits per heavy atom. The summed E-state index contributed by atoms with van der Waals surface area (Å²) in [6.45, 7) is 21.3. The number of nitrogens with two attached hydrogens (primary N) is 1. The topological polar surface area (TPSA) is 416 Å². The van der Waals surface area contributed by atoms with Gasteiger partial charge in [-0.2, -0.15) is 5.10 Å². The fourth-order valence-corrected chi connectivity index (χ4v) is 20.3. The molecule has 12 aromatic rings. The molecule has 0 radical (unpaired) electrons. The smallest absolute Gasteiger partial charge is 0.344 e. The number of urea groups is 2. The molecule has 135 heavy (non-hydrogen) atoms. The van der Waals surface area contributed by atoms with Gasteiger partial charge in [-0.15, -0.1) is 11.3 Å². The zero-order valence-corrected chi connectivity index (χ0v) is 78.1. The summed E-state index contributed by atoms with van der Waals surface area (Å²) in [7, 11) is 6.38. The minimum absolute atomic E-state index is 0.202. The molecular weight excluding hydrogens is 1750 g/mol. The van der Waals surface area contributed by atoms with Crippen molar-refractivity contribution in [3.8, 4) is 51.4 Å². The van der Waals surface area contributed by atoms with Gasteiger partial charge in [-0.1, -0.05) is 24.3 Å². The number of thiophene rings is 1. The first-order valence-electron chi connectivity index (χ1n) is 46.5. The van der Waals surface area contributed by atoms with E-state index >= 15 is 0 Å². The van der Waals surface area contributed by atoms with Gasteiger partial charge in [0, 0.05) is 160 Å². The molecule has 1 aliphatic carbocycles. The largest absolute Gasteiger partial charge is 0.497 e. The predicted molar refractivity (Wildman–Crippen MR) is 511 cm³/mol. The third-order valence-corrected chi connectivity index (χ3v) is 28.0. The molecule has 710 valence electrons. The van der Waals surface area contributed by atoms with Crippen LogP contribution in [0.25, 0.3) is 77.2 Å². The minimum atomic E-state index is -0.954. The van der Waals surface area contributed by atoms with Crippen LogP contribution in [0, 0.1) is 6.92 Å². The lowest BCUT2D eigenvalue weighted by molar-refractivity contribution is -0.181. The molecule has 3 unspecified atom stereocenters. The van der Waals surface area contributed by atoms with E-state index < -0.39 is 23.6 Å². The summed E-state index contributed by atoms with van der Waals surface area (Å²) in [5, 5.41) is 37.9. The monoisotopic (exact) mass is 1860 g/mol. The molecule has 7 saturated heterocycles. The highest BCUT2D eigenvalue weighted by Gasteiger charge is 2.43. The fourth-order valence-electron chi connectivity index (χ4n) is 19.0. The average molecular weight is 1860 g/mol. The number of nitrogen functional groups attached to an aromatic ring is 1. The van der Waals surface area contributed by atoms with Gasteiger partial charge in [0.2, 0.25) is 5.95 Å². The number of aliphatic hydroxyl groups is 2. The summed E-state index contributed by atoms with van der Waals surface area (Å²) in [6, 6.07) is 32.2. The van der Waals surface area contributed by atoms with E-state index in [0.29, 0.717) is 129 Å². The second kappa shape index (κ2) is 41.5. The molecule has 7 aromatic heterocycles. The van der Waals surface area contributed by atoms with Crippen molar-refractivity contribution in [3.63, 3.8) is 0 Å². The number of aliphatic hydroxyl groups excluding tert-OH is 2. The predicted octanol–water partition coefficient (Wildman–Crippen LogP) is 11.9. The minimum Gasteiger partial charge on any atom is -0.497 e. The van der Waals surface area contributed by atoms with Crippen molar-refractivity contribution in [1.29, 1.82) is 0 Å². The third kappa shape index (κ3) is 20.9. The summed E-state index contributed by atoms with van der Waals surface area (Å²) in [5.74, 6) is 5.66. The lowest BCUT2D eigenvalue weighted by Gasteiger charge is -2.41. The summed E-state index contributed by atoms with van der Waals surface area (Å²) in [5.41, 5.74) is 17.7. The number of carbonyl (C=O) groups is 3. The Labute approximate surface area is 784 Å². The second-order valence-electron chi connectivity index (χ2n) is 35.5. The number of piperazine rings is 1. The number of amides is 5. The Bertz CT molecular complexity index is 6260. The average Bonchev–Trinajstić information content (AvgIpc) is 1.69. The molecular formula is C98H116N20O16S. The van der Waals surface area contributed by atoms with Crippen LogP contribution in [0.4, 0.5) is 38.5 Å². The number of carbonyl (C=O) groups excluding carboxylic acids is 3. The van der Waals surface area contributed by atoms with E-state index in [1.807, 2.05) is 85.1 Å². The first kappa shape index (κ1) is 93.1. The number of morpholine rings is 2. The van der Waals surface area contributed by atoms with Gasteiger partial charge in [0.1, 0.15) is 29.9 Å². The molecule has 5 aromatic carbocycles. The molecule has 5 atom stereocenters.